The molecule has 1 saturated carbocycles. The highest BCUT2D eigenvalue weighted by Crippen LogP contribution is 2.33. The molecule has 1 fully saturated rings. The number of aryl methyl sites for hydroxylation is 1. The van der Waals surface area contributed by atoms with Gasteiger partial charge in [0.05, 0.1) is 23.5 Å². The molecule has 0 atom stereocenters. The average molecular weight is 388 g/mol. The Hall–Kier alpha value is -1.99. The largest absolute Gasteiger partial charge is 0.302 e. The van der Waals surface area contributed by atoms with Crippen molar-refractivity contribution in [2.24, 2.45) is 7.05 Å². The van der Waals surface area contributed by atoms with Gasteiger partial charge in [-0.15, -0.1) is 0 Å². The summed E-state index contributed by atoms with van der Waals surface area (Å²) in [6.45, 7) is 0.457. The van der Waals surface area contributed by atoms with E-state index in [0.717, 1.165) is 0 Å². The summed E-state index contributed by atoms with van der Waals surface area (Å²) in [4.78, 5) is 16.8. The molecule has 144 valence electrons. The molecule has 0 amide bonds. The highest BCUT2D eigenvalue weighted by atomic mass is 32.2. The van der Waals surface area contributed by atoms with Crippen LogP contribution in [0.15, 0.2) is 40.3 Å². The summed E-state index contributed by atoms with van der Waals surface area (Å²) >= 11 is 0. The Morgan fingerprint density at radius 2 is 1.78 bits per heavy atom. The highest BCUT2D eigenvalue weighted by Gasteiger charge is 2.30. The predicted molar refractivity (Wildman–Crippen MR) is 103 cm³/mol. The van der Waals surface area contributed by atoms with Gasteiger partial charge in [-0.2, -0.15) is 4.31 Å². The number of hydrogen-bond acceptors (Lipinski definition) is 4. The minimum absolute atomic E-state index is 0.0890. The SMILES string of the molecule is Cn1cnc2c(c1=O)CCN(S(=O)(=O)c1ccc(C3CCCCC3)cc1)C2. The molecule has 0 bridgehead atoms. The maximum Gasteiger partial charge on any atom is 0.256 e. The van der Waals surface area contributed by atoms with E-state index in [0.29, 0.717) is 35.0 Å². The Balaban J connectivity index is 1.56. The summed E-state index contributed by atoms with van der Waals surface area (Å²) in [6.07, 6.45) is 8.04. The Morgan fingerprint density at radius 1 is 1.07 bits per heavy atom. The molecular weight excluding hydrogens is 362 g/mol. The third-order valence-corrected chi connectivity index (χ3v) is 7.70. The molecule has 6 nitrogen and oxygen atoms in total. The van der Waals surface area contributed by atoms with Crippen LogP contribution in [-0.4, -0.2) is 28.8 Å². The quantitative estimate of drug-likeness (QED) is 0.811. The molecule has 27 heavy (non-hydrogen) atoms. The molecular formula is C20H25N3O3S. The minimum atomic E-state index is -3.59. The van der Waals surface area contributed by atoms with E-state index in [1.165, 1.54) is 52.9 Å². The lowest BCUT2D eigenvalue weighted by Crippen LogP contribution is -2.39. The summed E-state index contributed by atoms with van der Waals surface area (Å²) in [5.41, 5.74) is 2.34. The van der Waals surface area contributed by atoms with Crippen LogP contribution in [0, 0.1) is 0 Å². The van der Waals surface area contributed by atoms with Crippen LogP contribution < -0.4 is 5.56 Å². The molecule has 0 N–H and O–H groups in total. The van der Waals surface area contributed by atoms with E-state index in [9.17, 15) is 13.2 Å². The lowest BCUT2D eigenvalue weighted by Gasteiger charge is -2.27. The predicted octanol–water partition coefficient (Wildman–Crippen LogP) is 2.58. The van der Waals surface area contributed by atoms with Crippen LogP contribution in [0.25, 0.3) is 0 Å². The number of benzene rings is 1. The fourth-order valence-electron chi connectivity index (χ4n) is 4.20. The van der Waals surface area contributed by atoms with Crippen molar-refractivity contribution in [3.8, 4) is 0 Å². The van der Waals surface area contributed by atoms with E-state index >= 15 is 0 Å². The smallest absolute Gasteiger partial charge is 0.256 e. The van der Waals surface area contributed by atoms with Crippen LogP contribution in [0.2, 0.25) is 0 Å². The zero-order valence-electron chi connectivity index (χ0n) is 15.6. The van der Waals surface area contributed by atoms with Crippen molar-refractivity contribution in [3.05, 3.63) is 57.8 Å². The molecule has 4 rings (SSSR count). The van der Waals surface area contributed by atoms with E-state index in [4.69, 9.17) is 0 Å². The molecule has 1 aromatic heterocycles. The molecule has 0 saturated heterocycles. The molecule has 1 aromatic carbocycles. The van der Waals surface area contributed by atoms with Gasteiger partial charge >= 0.3 is 0 Å². The van der Waals surface area contributed by atoms with Gasteiger partial charge in [-0.1, -0.05) is 31.4 Å². The number of rotatable bonds is 3. The molecule has 0 unspecified atom stereocenters. The van der Waals surface area contributed by atoms with Crippen molar-refractivity contribution >= 4 is 10.0 Å². The molecule has 2 aliphatic rings. The van der Waals surface area contributed by atoms with Gasteiger partial charge in [0.15, 0.2) is 0 Å². The molecule has 2 heterocycles. The summed E-state index contributed by atoms with van der Waals surface area (Å²) in [6, 6.07) is 7.39. The lowest BCUT2D eigenvalue weighted by atomic mass is 9.84. The average Bonchev–Trinajstić information content (AvgIpc) is 2.71. The van der Waals surface area contributed by atoms with Gasteiger partial charge in [0.2, 0.25) is 10.0 Å². The first kappa shape index (κ1) is 18.4. The van der Waals surface area contributed by atoms with Gasteiger partial charge in [-0.3, -0.25) is 4.79 Å². The summed E-state index contributed by atoms with van der Waals surface area (Å²) in [7, 11) is -1.93. The van der Waals surface area contributed by atoms with Crippen LogP contribution in [0.5, 0.6) is 0 Å². The van der Waals surface area contributed by atoms with E-state index in [1.807, 2.05) is 12.1 Å². The van der Waals surface area contributed by atoms with E-state index in [1.54, 1.807) is 19.2 Å². The Labute approximate surface area is 159 Å². The van der Waals surface area contributed by atoms with Crippen molar-refractivity contribution in [3.63, 3.8) is 0 Å². The zero-order valence-corrected chi connectivity index (χ0v) is 16.4. The van der Waals surface area contributed by atoms with Crippen LogP contribution in [0.3, 0.4) is 0 Å². The topological polar surface area (TPSA) is 72.3 Å². The van der Waals surface area contributed by atoms with Crippen LogP contribution >= 0.6 is 0 Å². The van der Waals surface area contributed by atoms with Gasteiger partial charge in [-0.25, -0.2) is 13.4 Å². The first-order chi connectivity index (χ1) is 13.0. The Bertz CT molecular complexity index is 990. The fourth-order valence-corrected chi connectivity index (χ4v) is 5.60. The number of fused-ring (bicyclic) bond motifs is 1. The van der Waals surface area contributed by atoms with Gasteiger partial charge in [0.1, 0.15) is 0 Å². The van der Waals surface area contributed by atoms with Crippen LogP contribution in [0.1, 0.15) is 54.8 Å². The lowest BCUT2D eigenvalue weighted by molar-refractivity contribution is 0.382. The second-order valence-corrected chi connectivity index (χ2v) is 9.52. The van der Waals surface area contributed by atoms with E-state index in [2.05, 4.69) is 4.98 Å². The highest BCUT2D eigenvalue weighted by molar-refractivity contribution is 7.89. The number of aromatic nitrogens is 2. The first-order valence-corrected chi connectivity index (χ1v) is 11.0. The maximum atomic E-state index is 13.1. The zero-order chi connectivity index (χ0) is 19.0. The van der Waals surface area contributed by atoms with Crippen molar-refractivity contribution in [2.45, 2.75) is 55.9 Å². The molecule has 0 radical (unpaired) electrons. The summed E-state index contributed by atoms with van der Waals surface area (Å²) < 4.78 is 29.0. The van der Waals surface area contributed by atoms with Crippen molar-refractivity contribution < 1.29 is 8.42 Å². The second-order valence-electron chi connectivity index (χ2n) is 7.58. The van der Waals surface area contributed by atoms with Crippen molar-refractivity contribution in [1.82, 2.24) is 13.9 Å². The van der Waals surface area contributed by atoms with Crippen molar-refractivity contribution in [1.29, 1.82) is 0 Å². The fraction of sp³-hybridized carbons (Fsp3) is 0.500. The molecule has 0 spiro atoms. The van der Waals surface area contributed by atoms with Crippen LogP contribution in [0.4, 0.5) is 0 Å². The number of sulfonamides is 1. The first-order valence-electron chi connectivity index (χ1n) is 9.60. The molecule has 1 aliphatic carbocycles. The second kappa shape index (κ2) is 7.20. The van der Waals surface area contributed by atoms with E-state index < -0.39 is 10.0 Å². The molecule has 2 aromatic rings. The van der Waals surface area contributed by atoms with Gasteiger partial charge in [0, 0.05) is 19.2 Å². The Kier molecular flexibility index (Phi) is 4.90. The maximum absolute atomic E-state index is 13.1. The Morgan fingerprint density at radius 3 is 2.48 bits per heavy atom. The van der Waals surface area contributed by atoms with Gasteiger partial charge in [-0.05, 0) is 42.9 Å². The standard InChI is InChI=1S/C20H25N3O3S/c1-22-14-21-19-13-23(12-11-18(19)20(22)24)27(25,26)17-9-7-16(8-10-17)15-5-3-2-4-6-15/h7-10,14-15H,2-6,11-13H2,1H3. The normalized spacial score (nSPS) is 19.0. The van der Waals surface area contributed by atoms with Crippen LogP contribution in [-0.2, 0) is 30.0 Å². The molecule has 7 heteroatoms. The monoisotopic (exact) mass is 387 g/mol. The summed E-state index contributed by atoms with van der Waals surface area (Å²) in [5, 5.41) is 0. The third kappa shape index (κ3) is 3.46. The van der Waals surface area contributed by atoms with Crippen molar-refractivity contribution in [2.75, 3.05) is 6.54 Å². The number of hydrogen-bond donors (Lipinski definition) is 0. The molecule has 1 aliphatic heterocycles. The van der Waals surface area contributed by atoms with Gasteiger partial charge in [0.25, 0.3) is 5.56 Å². The number of nitrogens with zero attached hydrogens (tertiary/aromatic N) is 3. The third-order valence-electron chi connectivity index (χ3n) is 5.85. The van der Waals surface area contributed by atoms with E-state index in [-0.39, 0.29) is 12.1 Å². The summed E-state index contributed by atoms with van der Waals surface area (Å²) in [5.74, 6) is 0.554. The minimum Gasteiger partial charge on any atom is -0.302 e. The van der Waals surface area contributed by atoms with Gasteiger partial charge < -0.3 is 4.57 Å².